The lowest BCUT2D eigenvalue weighted by Gasteiger charge is -2.26. The second-order valence-corrected chi connectivity index (χ2v) is 4.76. The molecule has 0 radical (unpaired) electrons. The van der Waals surface area contributed by atoms with E-state index in [4.69, 9.17) is 16.3 Å². The summed E-state index contributed by atoms with van der Waals surface area (Å²) in [5.74, 6) is 1.24. The SMILES string of the molecule is Clc1nc(Cc2ccccn2)nc(N2CCOCC2)n1. The Hall–Kier alpha value is -1.79. The van der Waals surface area contributed by atoms with E-state index in [-0.39, 0.29) is 5.28 Å². The monoisotopic (exact) mass is 291 g/mol. The van der Waals surface area contributed by atoms with E-state index in [1.807, 2.05) is 18.2 Å². The van der Waals surface area contributed by atoms with Crippen LogP contribution in [0.3, 0.4) is 0 Å². The number of anilines is 1. The van der Waals surface area contributed by atoms with Crippen molar-refractivity contribution in [3.05, 3.63) is 41.2 Å². The van der Waals surface area contributed by atoms with Crippen molar-refractivity contribution in [2.45, 2.75) is 6.42 Å². The van der Waals surface area contributed by atoms with Gasteiger partial charge in [-0.25, -0.2) is 4.98 Å². The van der Waals surface area contributed by atoms with E-state index in [0.717, 1.165) is 18.8 Å². The molecule has 0 spiro atoms. The summed E-state index contributed by atoms with van der Waals surface area (Å²) in [7, 11) is 0. The fourth-order valence-corrected chi connectivity index (χ4v) is 2.20. The van der Waals surface area contributed by atoms with Gasteiger partial charge < -0.3 is 9.64 Å². The van der Waals surface area contributed by atoms with Crippen LogP contribution in [0.1, 0.15) is 11.5 Å². The summed E-state index contributed by atoms with van der Waals surface area (Å²) in [6.07, 6.45) is 2.29. The zero-order chi connectivity index (χ0) is 13.8. The van der Waals surface area contributed by atoms with Crippen molar-refractivity contribution in [3.63, 3.8) is 0 Å². The molecule has 2 aromatic rings. The van der Waals surface area contributed by atoms with Crippen LogP contribution in [0.4, 0.5) is 5.95 Å². The molecule has 2 aromatic heterocycles. The number of nitrogens with zero attached hydrogens (tertiary/aromatic N) is 5. The van der Waals surface area contributed by atoms with Gasteiger partial charge in [0, 0.05) is 25.0 Å². The van der Waals surface area contributed by atoms with Crippen LogP contribution in [-0.2, 0) is 11.2 Å². The van der Waals surface area contributed by atoms with Gasteiger partial charge in [0.2, 0.25) is 11.2 Å². The molecular formula is C13H14ClN5O. The zero-order valence-electron chi connectivity index (χ0n) is 10.9. The fourth-order valence-electron chi connectivity index (χ4n) is 2.03. The molecule has 1 fully saturated rings. The lowest BCUT2D eigenvalue weighted by atomic mass is 10.2. The number of pyridine rings is 1. The predicted octanol–water partition coefficient (Wildman–Crippen LogP) is 1.35. The molecule has 1 saturated heterocycles. The molecule has 0 amide bonds. The number of halogens is 1. The Kier molecular flexibility index (Phi) is 4.03. The van der Waals surface area contributed by atoms with Crippen molar-refractivity contribution in [1.29, 1.82) is 0 Å². The first-order valence-electron chi connectivity index (χ1n) is 6.44. The molecule has 6 nitrogen and oxygen atoms in total. The Morgan fingerprint density at radius 2 is 2.00 bits per heavy atom. The van der Waals surface area contributed by atoms with Gasteiger partial charge in [0.25, 0.3) is 0 Å². The summed E-state index contributed by atoms with van der Waals surface area (Å²) in [4.78, 5) is 19.2. The zero-order valence-corrected chi connectivity index (χ0v) is 11.6. The molecule has 3 rings (SSSR count). The molecule has 0 aliphatic carbocycles. The van der Waals surface area contributed by atoms with Crippen molar-refractivity contribution >= 4 is 17.5 Å². The molecule has 0 bridgehead atoms. The van der Waals surface area contributed by atoms with Crippen molar-refractivity contribution < 1.29 is 4.74 Å². The van der Waals surface area contributed by atoms with Gasteiger partial charge in [0.1, 0.15) is 5.82 Å². The van der Waals surface area contributed by atoms with Gasteiger partial charge in [-0.1, -0.05) is 6.07 Å². The standard InChI is InChI=1S/C13H14ClN5O/c14-12-16-11(9-10-3-1-2-4-15-10)17-13(18-12)19-5-7-20-8-6-19/h1-4H,5-9H2. The number of hydrogen-bond acceptors (Lipinski definition) is 6. The maximum atomic E-state index is 5.99. The first-order chi connectivity index (χ1) is 9.81. The minimum Gasteiger partial charge on any atom is -0.378 e. The van der Waals surface area contributed by atoms with Crippen molar-refractivity contribution in [1.82, 2.24) is 19.9 Å². The quantitative estimate of drug-likeness (QED) is 0.850. The third kappa shape index (κ3) is 3.20. The van der Waals surface area contributed by atoms with Gasteiger partial charge in [0.05, 0.1) is 19.6 Å². The van der Waals surface area contributed by atoms with Crippen LogP contribution < -0.4 is 4.90 Å². The molecular weight excluding hydrogens is 278 g/mol. The highest BCUT2D eigenvalue weighted by molar-refractivity contribution is 6.28. The molecule has 1 aliphatic heterocycles. The first kappa shape index (κ1) is 13.2. The second-order valence-electron chi connectivity index (χ2n) is 4.42. The van der Waals surface area contributed by atoms with Crippen molar-refractivity contribution in [2.75, 3.05) is 31.2 Å². The average molecular weight is 292 g/mol. The van der Waals surface area contributed by atoms with Crippen LogP contribution in [0.25, 0.3) is 0 Å². The summed E-state index contributed by atoms with van der Waals surface area (Å²) in [6, 6.07) is 5.75. The Bertz CT molecular complexity index is 574. The number of aromatic nitrogens is 4. The summed E-state index contributed by atoms with van der Waals surface area (Å²) >= 11 is 5.99. The third-order valence-corrected chi connectivity index (χ3v) is 3.17. The van der Waals surface area contributed by atoms with E-state index < -0.39 is 0 Å². The van der Waals surface area contributed by atoms with Gasteiger partial charge in [-0.3, -0.25) is 4.98 Å². The van der Waals surface area contributed by atoms with E-state index in [1.54, 1.807) is 6.20 Å². The van der Waals surface area contributed by atoms with E-state index in [2.05, 4.69) is 24.8 Å². The molecule has 0 unspecified atom stereocenters. The number of ether oxygens (including phenoxy) is 1. The van der Waals surface area contributed by atoms with Crippen molar-refractivity contribution in [2.24, 2.45) is 0 Å². The average Bonchev–Trinajstić information content (AvgIpc) is 2.49. The van der Waals surface area contributed by atoms with Crippen LogP contribution >= 0.6 is 11.6 Å². The largest absolute Gasteiger partial charge is 0.378 e. The Morgan fingerprint density at radius 3 is 2.75 bits per heavy atom. The van der Waals surface area contributed by atoms with E-state index in [9.17, 15) is 0 Å². The minimum absolute atomic E-state index is 0.215. The van der Waals surface area contributed by atoms with E-state index in [1.165, 1.54) is 0 Å². The molecule has 3 heterocycles. The van der Waals surface area contributed by atoms with Gasteiger partial charge in [-0.15, -0.1) is 0 Å². The van der Waals surface area contributed by atoms with Crippen LogP contribution in [-0.4, -0.2) is 46.2 Å². The van der Waals surface area contributed by atoms with E-state index in [0.29, 0.717) is 31.4 Å². The van der Waals surface area contributed by atoms with E-state index >= 15 is 0 Å². The lowest BCUT2D eigenvalue weighted by Crippen LogP contribution is -2.37. The van der Waals surface area contributed by atoms with Crippen LogP contribution in [0.2, 0.25) is 5.28 Å². The Balaban J connectivity index is 1.82. The number of rotatable bonds is 3. The van der Waals surface area contributed by atoms with Crippen molar-refractivity contribution in [3.8, 4) is 0 Å². The summed E-state index contributed by atoms with van der Waals surface area (Å²) in [5, 5.41) is 0.215. The highest BCUT2D eigenvalue weighted by atomic mass is 35.5. The summed E-state index contributed by atoms with van der Waals surface area (Å²) in [6.45, 7) is 2.89. The lowest BCUT2D eigenvalue weighted by molar-refractivity contribution is 0.122. The molecule has 0 atom stereocenters. The summed E-state index contributed by atoms with van der Waals surface area (Å²) in [5.41, 5.74) is 0.905. The normalized spacial score (nSPS) is 15.3. The molecule has 0 N–H and O–H groups in total. The van der Waals surface area contributed by atoms with Gasteiger partial charge in [-0.05, 0) is 23.7 Å². The Labute approximate surface area is 121 Å². The maximum Gasteiger partial charge on any atom is 0.230 e. The molecule has 1 aliphatic rings. The smallest absolute Gasteiger partial charge is 0.230 e. The minimum atomic E-state index is 0.215. The molecule has 0 saturated carbocycles. The van der Waals surface area contributed by atoms with Gasteiger partial charge in [-0.2, -0.15) is 9.97 Å². The number of morpholine rings is 1. The molecule has 0 aromatic carbocycles. The second kappa shape index (κ2) is 6.11. The van der Waals surface area contributed by atoms with Crippen LogP contribution in [0.5, 0.6) is 0 Å². The highest BCUT2D eigenvalue weighted by Gasteiger charge is 2.16. The highest BCUT2D eigenvalue weighted by Crippen LogP contribution is 2.14. The van der Waals surface area contributed by atoms with Crippen LogP contribution in [0.15, 0.2) is 24.4 Å². The van der Waals surface area contributed by atoms with Crippen LogP contribution in [0, 0.1) is 0 Å². The molecule has 7 heteroatoms. The fraction of sp³-hybridized carbons (Fsp3) is 0.385. The third-order valence-electron chi connectivity index (χ3n) is 3.00. The predicted molar refractivity (Wildman–Crippen MR) is 74.9 cm³/mol. The molecule has 104 valence electrons. The Morgan fingerprint density at radius 1 is 1.15 bits per heavy atom. The molecule has 20 heavy (non-hydrogen) atoms. The topological polar surface area (TPSA) is 64.0 Å². The maximum absolute atomic E-state index is 5.99. The number of hydrogen-bond donors (Lipinski definition) is 0. The van der Waals surface area contributed by atoms with Gasteiger partial charge in [0.15, 0.2) is 0 Å². The first-order valence-corrected chi connectivity index (χ1v) is 6.82. The van der Waals surface area contributed by atoms with Gasteiger partial charge >= 0.3 is 0 Å². The summed E-state index contributed by atoms with van der Waals surface area (Å²) < 4.78 is 5.32.